The minimum atomic E-state index is -4.75. The van der Waals surface area contributed by atoms with Crippen molar-refractivity contribution in [1.29, 1.82) is 0 Å². The topological polar surface area (TPSA) is 97.6 Å². The first-order valence-electron chi connectivity index (χ1n) is 16.5. The van der Waals surface area contributed by atoms with Crippen molar-refractivity contribution in [3.63, 3.8) is 0 Å². The highest BCUT2D eigenvalue weighted by atomic mass is 19.4. The van der Waals surface area contributed by atoms with Crippen molar-refractivity contribution >= 4 is 17.7 Å². The van der Waals surface area contributed by atoms with Crippen LogP contribution in [0.15, 0.2) is 30.3 Å². The minimum Gasteiger partial charge on any atom is -0.476 e. The van der Waals surface area contributed by atoms with Crippen molar-refractivity contribution in [3.05, 3.63) is 52.8 Å². The second-order valence-electron chi connectivity index (χ2n) is 12.8. The van der Waals surface area contributed by atoms with E-state index in [0.29, 0.717) is 17.3 Å². The fraction of sp³-hybridized carbons (Fsp3) is 0.588. The van der Waals surface area contributed by atoms with E-state index in [2.05, 4.69) is 31.3 Å². The number of anilines is 2. The highest BCUT2D eigenvalue weighted by Gasteiger charge is 2.38. The molecule has 5 rings (SSSR count). The van der Waals surface area contributed by atoms with Crippen LogP contribution >= 0.6 is 0 Å². The lowest BCUT2D eigenvalue weighted by atomic mass is 10.0. The SMILES string of the molecule is CC.Cc1cc(OCCN(C)C(=O)OC(C)(C)C)nc(-n2nc(C(F)(F)F)nc2Nc2ccc3c(c2)CCC(N2CCCC2)CC3)c1. The van der Waals surface area contributed by atoms with Gasteiger partial charge in [-0.1, -0.05) is 19.9 Å². The Kier molecular flexibility index (Phi) is 11.8. The number of benzene rings is 1. The third-order valence-corrected chi connectivity index (χ3v) is 8.01. The monoisotopic (exact) mass is 659 g/mol. The molecule has 0 bridgehead atoms. The molecule has 1 atom stereocenters. The van der Waals surface area contributed by atoms with Crippen LogP contribution in [0.2, 0.25) is 0 Å². The second-order valence-corrected chi connectivity index (χ2v) is 12.8. The molecule has 1 fully saturated rings. The standard InChI is InChI=1S/C32H42F3N7O3.C2H6/c1-21-18-26(37-27(19-21)44-17-16-40(5)30(43)45-31(2,3)4)42-29(38-28(39-42)32(33,34)35)36-24-11-8-22-9-12-25(13-10-23(22)20-24)41-14-6-7-15-41;1-2/h8,11,18-20,25H,6-7,9-10,12-17H2,1-5H3,(H,36,38,39);1-2H3. The first-order valence-corrected chi connectivity index (χ1v) is 16.5. The molecule has 258 valence electrons. The number of alkyl halides is 3. The molecule has 2 aromatic heterocycles. The van der Waals surface area contributed by atoms with Crippen molar-refractivity contribution in [2.45, 2.75) is 97.9 Å². The lowest BCUT2D eigenvalue weighted by molar-refractivity contribution is -0.144. The van der Waals surface area contributed by atoms with E-state index in [9.17, 15) is 18.0 Å². The molecule has 13 heteroatoms. The number of aromatic nitrogens is 4. The summed E-state index contributed by atoms with van der Waals surface area (Å²) in [5.74, 6) is -1.10. The number of hydrogen-bond donors (Lipinski definition) is 1. The minimum absolute atomic E-state index is 0.0929. The van der Waals surface area contributed by atoms with Gasteiger partial charge in [-0.15, -0.1) is 5.10 Å². The summed E-state index contributed by atoms with van der Waals surface area (Å²) in [4.78, 5) is 24.5. The molecule has 1 unspecified atom stereocenters. The van der Waals surface area contributed by atoms with E-state index in [-0.39, 0.29) is 30.8 Å². The van der Waals surface area contributed by atoms with E-state index in [0.717, 1.165) is 43.5 Å². The molecular weight excluding hydrogens is 611 g/mol. The van der Waals surface area contributed by atoms with E-state index >= 15 is 0 Å². The van der Waals surface area contributed by atoms with Crippen LogP contribution < -0.4 is 10.1 Å². The predicted molar refractivity (Wildman–Crippen MR) is 176 cm³/mol. The maximum atomic E-state index is 13.8. The molecule has 3 heterocycles. The average Bonchev–Trinajstić information content (AvgIpc) is 3.64. The summed E-state index contributed by atoms with van der Waals surface area (Å²) >= 11 is 0. The first kappa shape index (κ1) is 36.0. The summed E-state index contributed by atoms with van der Waals surface area (Å²) in [5, 5.41) is 6.85. The largest absolute Gasteiger partial charge is 0.476 e. The number of likely N-dealkylation sites (N-methyl/N-ethyl adjacent to an activating group) is 1. The zero-order chi connectivity index (χ0) is 34.4. The van der Waals surface area contributed by atoms with Crippen LogP contribution in [0.1, 0.15) is 82.8 Å². The number of aryl methyl sites for hydroxylation is 3. The number of carbonyl (C=O) groups excluding carboxylic acids is 1. The summed E-state index contributed by atoms with van der Waals surface area (Å²) in [6.07, 6.45) is 1.34. The molecule has 0 saturated carbocycles. The van der Waals surface area contributed by atoms with Crippen LogP contribution in [-0.2, 0) is 23.8 Å². The molecule has 1 aliphatic carbocycles. The van der Waals surface area contributed by atoms with E-state index in [4.69, 9.17) is 9.47 Å². The molecule has 2 aliphatic rings. The molecule has 3 aromatic rings. The molecule has 47 heavy (non-hydrogen) atoms. The number of ether oxygens (including phenoxy) is 2. The molecule has 1 N–H and O–H groups in total. The van der Waals surface area contributed by atoms with Crippen molar-refractivity contribution < 1.29 is 27.4 Å². The van der Waals surface area contributed by atoms with Crippen LogP contribution in [0.25, 0.3) is 5.82 Å². The van der Waals surface area contributed by atoms with Crippen molar-refractivity contribution in [3.8, 4) is 11.7 Å². The highest BCUT2D eigenvalue weighted by Crippen LogP contribution is 2.32. The number of hydrogen-bond acceptors (Lipinski definition) is 8. The maximum Gasteiger partial charge on any atom is 0.453 e. The third kappa shape index (κ3) is 9.82. The van der Waals surface area contributed by atoms with Crippen molar-refractivity contribution in [1.82, 2.24) is 29.5 Å². The lowest BCUT2D eigenvalue weighted by Gasteiger charge is -2.25. The summed E-state index contributed by atoms with van der Waals surface area (Å²) in [6.45, 7) is 13.7. The van der Waals surface area contributed by atoms with Gasteiger partial charge in [0.15, 0.2) is 5.82 Å². The second kappa shape index (κ2) is 15.4. The quantitative estimate of drug-likeness (QED) is 0.251. The Morgan fingerprint density at radius 3 is 2.36 bits per heavy atom. The number of carbonyl (C=O) groups is 1. The van der Waals surface area contributed by atoms with Crippen LogP contribution in [-0.4, -0.2) is 80.6 Å². The van der Waals surface area contributed by atoms with Gasteiger partial charge in [0.2, 0.25) is 11.8 Å². The Balaban J connectivity index is 0.00000245. The number of fused-ring (bicyclic) bond motifs is 1. The van der Waals surface area contributed by atoms with E-state index in [1.807, 2.05) is 26.0 Å². The molecular formula is C34H48F3N7O3. The van der Waals surface area contributed by atoms with Gasteiger partial charge in [0.1, 0.15) is 12.2 Å². The number of halogens is 3. The van der Waals surface area contributed by atoms with Crippen molar-refractivity contribution in [2.75, 3.05) is 38.6 Å². The first-order chi connectivity index (χ1) is 22.2. The van der Waals surface area contributed by atoms with Gasteiger partial charge in [0.25, 0.3) is 5.82 Å². The summed E-state index contributed by atoms with van der Waals surface area (Å²) < 4.78 is 53.5. The fourth-order valence-electron chi connectivity index (χ4n) is 5.76. The molecule has 1 aromatic carbocycles. The molecule has 1 amide bonds. The number of likely N-dealkylation sites (tertiary alicyclic amines) is 1. The number of nitrogens with one attached hydrogen (secondary N) is 1. The molecule has 0 spiro atoms. The van der Waals surface area contributed by atoms with E-state index in [1.165, 1.54) is 28.9 Å². The lowest BCUT2D eigenvalue weighted by Crippen LogP contribution is -2.36. The Labute approximate surface area is 275 Å². The molecule has 10 nitrogen and oxygen atoms in total. The fourth-order valence-corrected chi connectivity index (χ4v) is 5.76. The van der Waals surface area contributed by atoms with Gasteiger partial charge in [-0.25, -0.2) is 4.79 Å². The van der Waals surface area contributed by atoms with E-state index in [1.54, 1.807) is 46.9 Å². The summed E-state index contributed by atoms with van der Waals surface area (Å²) in [7, 11) is 1.59. The predicted octanol–water partition coefficient (Wildman–Crippen LogP) is 7.35. The average molecular weight is 660 g/mol. The summed E-state index contributed by atoms with van der Waals surface area (Å²) in [5.41, 5.74) is 3.17. The van der Waals surface area contributed by atoms with Gasteiger partial charge in [-0.05, 0) is 114 Å². The van der Waals surface area contributed by atoms with Gasteiger partial charge < -0.3 is 24.6 Å². The van der Waals surface area contributed by atoms with Crippen LogP contribution in [0.3, 0.4) is 0 Å². The Morgan fingerprint density at radius 1 is 1.02 bits per heavy atom. The van der Waals surface area contributed by atoms with Gasteiger partial charge in [0.05, 0.1) is 6.54 Å². The van der Waals surface area contributed by atoms with Crippen molar-refractivity contribution in [2.24, 2.45) is 0 Å². The number of amides is 1. The zero-order valence-electron chi connectivity index (χ0n) is 28.6. The molecule has 1 saturated heterocycles. The van der Waals surface area contributed by atoms with Crippen LogP contribution in [0.5, 0.6) is 5.88 Å². The molecule has 1 aliphatic heterocycles. The zero-order valence-corrected chi connectivity index (χ0v) is 28.6. The Bertz CT molecular complexity index is 1500. The Hall–Kier alpha value is -3.87. The maximum absolute atomic E-state index is 13.8. The number of rotatable bonds is 8. The normalized spacial score (nSPS) is 16.9. The smallest absolute Gasteiger partial charge is 0.453 e. The van der Waals surface area contributed by atoms with E-state index < -0.39 is 23.7 Å². The van der Waals surface area contributed by atoms with Gasteiger partial charge in [-0.2, -0.15) is 27.8 Å². The number of pyridine rings is 1. The third-order valence-electron chi connectivity index (χ3n) is 8.01. The summed E-state index contributed by atoms with van der Waals surface area (Å²) in [6, 6.07) is 9.77. The van der Waals surface area contributed by atoms with Crippen LogP contribution in [0, 0.1) is 6.92 Å². The molecule has 0 radical (unpaired) electrons. The van der Waals surface area contributed by atoms with Gasteiger partial charge >= 0.3 is 12.3 Å². The Morgan fingerprint density at radius 2 is 1.70 bits per heavy atom. The van der Waals surface area contributed by atoms with Gasteiger partial charge in [-0.3, -0.25) is 0 Å². The van der Waals surface area contributed by atoms with Crippen LogP contribution in [0.4, 0.5) is 29.6 Å². The number of nitrogens with zero attached hydrogens (tertiary/aromatic N) is 6. The highest BCUT2D eigenvalue weighted by molar-refractivity contribution is 5.67. The van der Waals surface area contributed by atoms with Gasteiger partial charge in [0, 0.05) is 24.8 Å².